The quantitative estimate of drug-likeness (QED) is 0.681. The average molecular weight is 459 g/mol. The van der Waals surface area contributed by atoms with Gasteiger partial charge in [-0.3, -0.25) is 4.79 Å². The van der Waals surface area contributed by atoms with E-state index < -0.39 is 9.84 Å². The van der Waals surface area contributed by atoms with E-state index in [1.54, 1.807) is 7.11 Å². The molecule has 31 heavy (non-hydrogen) atoms. The molecule has 6 nitrogen and oxygen atoms in total. The summed E-state index contributed by atoms with van der Waals surface area (Å²) < 4.78 is 30.0. The molecule has 4 rings (SSSR count). The van der Waals surface area contributed by atoms with Crippen LogP contribution >= 0.6 is 11.8 Å². The third kappa shape index (κ3) is 4.50. The molecule has 0 saturated carbocycles. The summed E-state index contributed by atoms with van der Waals surface area (Å²) in [5, 5.41) is 0.459. The Balaban J connectivity index is 1.70. The van der Waals surface area contributed by atoms with Crippen molar-refractivity contribution in [2.24, 2.45) is 4.99 Å². The van der Waals surface area contributed by atoms with E-state index >= 15 is 0 Å². The van der Waals surface area contributed by atoms with Crippen LogP contribution in [0.2, 0.25) is 0 Å². The third-order valence-corrected chi connectivity index (χ3v) is 8.85. The zero-order valence-electron chi connectivity index (χ0n) is 17.8. The maximum Gasteiger partial charge on any atom is 0.252 e. The predicted octanol–water partition coefficient (Wildman–Crippen LogP) is 3.66. The first kappa shape index (κ1) is 21.9. The lowest BCUT2D eigenvalue weighted by molar-refractivity contribution is -0.117. The minimum Gasteiger partial charge on any atom is -0.496 e. The van der Waals surface area contributed by atoms with Crippen LogP contribution in [-0.4, -0.2) is 49.4 Å². The topological polar surface area (TPSA) is 76.0 Å². The molecule has 2 aliphatic heterocycles. The van der Waals surface area contributed by atoms with Crippen molar-refractivity contribution in [3.63, 3.8) is 0 Å². The Labute approximate surface area is 187 Å². The molecular formula is C23H26N2O4S2. The molecule has 0 radical (unpaired) electrons. The van der Waals surface area contributed by atoms with Crippen molar-refractivity contribution >= 4 is 38.4 Å². The SMILES string of the molecule is COc1ccccc1CC(=O)N=C1S[C@H]2CS(=O)(=O)C[C@@H]2N1c1ccccc1C(C)C. The smallest absolute Gasteiger partial charge is 0.252 e. The third-order valence-electron chi connectivity index (χ3n) is 5.64. The van der Waals surface area contributed by atoms with Gasteiger partial charge in [0.1, 0.15) is 5.75 Å². The van der Waals surface area contributed by atoms with Crippen molar-refractivity contribution in [3.8, 4) is 5.75 Å². The van der Waals surface area contributed by atoms with Crippen molar-refractivity contribution < 1.29 is 17.9 Å². The van der Waals surface area contributed by atoms with E-state index in [2.05, 4.69) is 24.9 Å². The highest BCUT2D eigenvalue weighted by molar-refractivity contribution is 8.16. The van der Waals surface area contributed by atoms with Crippen LogP contribution in [0.4, 0.5) is 5.69 Å². The second-order valence-electron chi connectivity index (χ2n) is 8.16. The fourth-order valence-corrected chi connectivity index (χ4v) is 8.12. The number of methoxy groups -OCH3 is 1. The van der Waals surface area contributed by atoms with Crippen LogP contribution in [-0.2, 0) is 21.1 Å². The molecule has 0 N–H and O–H groups in total. The van der Waals surface area contributed by atoms with Gasteiger partial charge >= 0.3 is 0 Å². The lowest BCUT2D eigenvalue weighted by Gasteiger charge is -2.28. The maximum atomic E-state index is 12.9. The van der Waals surface area contributed by atoms with Gasteiger partial charge in [0.2, 0.25) is 0 Å². The lowest BCUT2D eigenvalue weighted by Crippen LogP contribution is -2.38. The molecule has 0 unspecified atom stereocenters. The minimum absolute atomic E-state index is 0.0802. The number of ether oxygens (including phenoxy) is 1. The number of anilines is 1. The van der Waals surface area contributed by atoms with E-state index in [0.29, 0.717) is 10.9 Å². The number of hydrogen-bond donors (Lipinski definition) is 0. The Bertz CT molecular complexity index is 1130. The van der Waals surface area contributed by atoms with Crippen LogP contribution in [0.3, 0.4) is 0 Å². The van der Waals surface area contributed by atoms with Gasteiger partial charge in [-0.2, -0.15) is 4.99 Å². The fourth-order valence-electron chi connectivity index (χ4n) is 4.20. The number of benzene rings is 2. The van der Waals surface area contributed by atoms with Gasteiger partial charge in [-0.05, 0) is 23.6 Å². The first-order valence-corrected chi connectivity index (χ1v) is 13.0. The first-order valence-electron chi connectivity index (χ1n) is 10.3. The van der Waals surface area contributed by atoms with Crippen molar-refractivity contribution in [1.29, 1.82) is 0 Å². The lowest BCUT2D eigenvalue weighted by atomic mass is 9.99. The molecule has 2 aromatic carbocycles. The molecule has 0 bridgehead atoms. The number of hydrogen-bond acceptors (Lipinski definition) is 5. The molecule has 2 saturated heterocycles. The van der Waals surface area contributed by atoms with Gasteiger partial charge in [-0.25, -0.2) is 8.42 Å². The number of amides is 1. The highest BCUT2D eigenvalue weighted by Crippen LogP contribution is 2.43. The van der Waals surface area contributed by atoms with Crippen LogP contribution in [0, 0.1) is 0 Å². The summed E-state index contributed by atoms with van der Waals surface area (Å²) in [4.78, 5) is 19.3. The van der Waals surface area contributed by atoms with E-state index in [9.17, 15) is 13.2 Å². The van der Waals surface area contributed by atoms with Crippen LogP contribution in [0.15, 0.2) is 53.5 Å². The molecule has 0 spiro atoms. The number of sulfone groups is 1. The number of para-hydroxylation sites is 2. The van der Waals surface area contributed by atoms with Crippen LogP contribution < -0.4 is 9.64 Å². The molecule has 2 aromatic rings. The van der Waals surface area contributed by atoms with Gasteiger partial charge in [-0.15, -0.1) is 0 Å². The van der Waals surface area contributed by atoms with Crippen LogP contribution in [0.25, 0.3) is 0 Å². The Morgan fingerprint density at radius 3 is 2.61 bits per heavy atom. The minimum atomic E-state index is -3.11. The normalized spacial score (nSPS) is 23.4. The average Bonchev–Trinajstić information content (AvgIpc) is 3.18. The van der Waals surface area contributed by atoms with E-state index in [1.165, 1.54) is 11.8 Å². The fraction of sp³-hybridized carbons (Fsp3) is 0.391. The summed E-state index contributed by atoms with van der Waals surface area (Å²) in [5.41, 5.74) is 2.82. The number of thioether (sulfide) groups is 1. The van der Waals surface area contributed by atoms with E-state index in [0.717, 1.165) is 16.8 Å². The second kappa shape index (κ2) is 8.67. The number of nitrogens with zero attached hydrogens (tertiary/aromatic N) is 2. The standard InChI is InChI=1S/C23H26N2O4S2/c1-15(2)17-9-5-6-10-18(17)25-19-13-31(27,28)14-21(19)30-23(25)24-22(26)12-16-8-4-7-11-20(16)29-3/h4-11,15,19,21H,12-14H2,1-3H3/t19-,21-/m0/s1. The summed E-state index contributed by atoms with van der Waals surface area (Å²) >= 11 is 1.40. The van der Waals surface area contributed by atoms with Crippen LogP contribution in [0.1, 0.15) is 30.9 Å². The van der Waals surface area contributed by atoms with Crippen LogP contribution in [0.5, 0.6) is 5.75 Å². The zero-order valence-corrected chi connectivity index (χ0v) is 19.4. The number of rotatable bonds is 5. The van der Waals surface area contributed by atoms with Gasteiger partial charge < -0.3 is 9.64 Å². The van der Waals surface area contributed by atoms with Crippen molar-refractivity contribution in [1.82, 2.24) is 0 Å². The van der Waals surface area contributed by atoms with Gasteiger partial charge in [0.15, 0.2) is 15.0 Å². The summed E-state index contributed by atoms with van der Waals surface area (Å²) in [7, 11) is -1.53. The van der Waals surface area contributed by atoms with Crippen molar-refractivity contribution in [3.05, 3.63) is 59.7 Å². The Kier molecular flexibility index (Phi) is 6.12. The van der Waals surface area contributed by atoms with E-state index in [4.69, 9.17) is 4.74 Å². The summed E-state index contributed by atoms with van der Waals surface area (Å²) in [5.74, 6) is 0.824. The Morgan fingerprint density at radius 1 is 1.16 bits per heavy atom. The highest BCUT2D eigenvalue weighted by Gasteiger charge is 2.49. The molecule has 164 valence electrons. The molecular weight excluding hydrogens is 432 g/mol. The van der Waals surface area contributed by atoms with Gasteiger partial charge in [0.05, 0.1) is 31.1 Å². The van der Waals surface area contributed by atoms with Gasteiger partial charge in [-0.1, -0.05) is 62.0 Å². The molecule has 2 fully saturated rings. The molecule has 2 atom stereocenters. The number of amidine groups is 1. The Hall–Kier alpha value is -2.32. The number of carbonyl (C=O) groups is 1. The monoisotopic (exact) mass is 458 g/mol. The largest absolute Gasteiger partial charge is 0.496 e. The maximum absolute atomic E-state index is 12.9. The number of carbonyl (C=O) groups excluding carboxylic acids is 1. The number of aliphatic imine (C=N–C) groups is 1. The molecule has 8 heteroatoms. The highest BCUT2D eigenvalue weighted by atomic mass is 32.2. The zero-order chi connectivity index (χ0) is 22.2. The van der Waals surface area contributed by atoms with Gasteiger partial charge in [0.25, 0.3) is 5.91 Å². The summed E-state index contributed by atoms with van der Waals surface area (Å²) in [6, 6.07) is 15.1. The molecule has 1 amide bonds. The molecule has 2 aliphatic rings. The van der Waals surface area contributed by atoms with Crippen molar-refractivity contribution in [2.75, 3.05) is 23.5 Å². The second-order valence-corrected chi connectivity index (χ2v) is 11.5. The molecule has 0 aliphatic carbocycles. The van der Waals surface area contributed by atoms with E-state index in [1.807, 2.05) is 47.4 Å². The summed E-state index contributed by atoms with van der Waals surface area (Å²) in [6.45, 7) is 4.21. The van der Waals surface area contributed by atoms with E-state index in [-0.39, 0.29) is 41.0 Å². The Morgan fingerprint density at radius 2 is 1.87 bits per heavy atom. The number of fused-ring (bicyclic) bond motifs is 1. The summed E-state index contributed by atoms with van der Waals surface area (Å²) in [6.07, 6.45) is 0.126. The molecule has 0 aromatic heterocycles. The molecule has 2 heterocycles. The first-order chi connectivity index (χ1) is 14.8. The van der Waals surface area contributed by atoms with Gasteiger partial charge in [0, 0.05) is 16.5 Å². The predicted molar refractivity (Wildman–Crippen MR) is 126 cm³/mol. The van der Waals surface area contributed by atoms with Crippen molar-refractivity contribution in [2.45, 2.75) is 37.5 Å².